The lowest BCUT2D eigenvalue weighted by Crippen LogP contribution is -2.04. The highest BCUT2D eigenvalue weighted by atomic mass is 16.4. The average Bonchev–Trinajstić information content (AvgIpc) is 3.09. The molecule has 3 rings (SSSR count). The summed E-state index contributed by atoms with van der Waals surface area (Å²) in [6.07, 6.45) is 5.32. The molecule has 0 saturated heterocycles. The van der Waals surface area contributed by atoms with Gasteiger partial charge < -0.3 is 10.2 Å². The Hall–Kier alpha value is -2.40. The lowest BCUT2D eigenvalue weighted by Gasteiger charge is -1.98. The molecule has 1 unspecified atom stereocenters. The van der Waals surface area contributed by atoms with Gasteiger partial charge in [0.25, 0.3) is 0 Å². The molecular weight excluding hydrogens is 240 g/mol. The topological polar surface area (TPSA) is 69.9 Å². The molecule has 2 N–H and O–H groups in total. The number of para-hydroxylation sites is 1. The summed E-state index contributed by atoms with van der Waals surface area (Å²) >= 11 is 0. The molecule has 19 heavy (non-hydrogen) atoms. The number of rotatable bonds is 3. The van der Waals surface area contributed by atoms with E-state index < -0.39 is 0 Å². The van der Waals surface area contributed by atoms with Crippen molar-refractivity contribution >= 4 is 0 Å². The van der Waals surface area contributed by atoms with E-state index in [9.17, 15) is 0 Å². The summed E-state index contributed by atoms with van der Waals surface area (Å²) in [7, 11) is 0. The predicted octanol–water partition coefficient (Wildman–Crippen LogP) is 2.55. The second-order valence-corrected chi connectivity index (χ2v) is 4.36. The van der Waals surface area contributed by atoms with Crippen molar-refractivity contribution in [1.82, 2.24) is 14.8 Å². The van der Waals surface area contributed by atoms with E-state index in [-0.39, 0.29) is 6.04 Å². The number of hydrogen-bond donors (Lipinski definition) is 1. The number of oxazole rings is 1. The number of hydrogen-bond acceptors (Lipinski definition) is 4. The van der Waals surface area contributed by atoms with Gasteiger partial charge in [-0.25, -0.2) is 9.67 Å². The second-order valence-electron chi connectivity index (χ2n) is 4.36. The van der Waals surface area contributed by atoms with Gasteiger partial charge in [0.2, 0.25) is 5.89 Å². The molecule has 0 spiro atoms. The van der Waals surface area contributed by atoms with Gasteiger partial charge in [0.15, 0.2) is 5.76 Å². The lowest BCUT2D eigenvalue weighted by molar-refractivity contribution is 0.473. The highest BCUT2D eigenvalue weighted by Crippen LogP contribution is 2.22. The van der Waals surface area contributed by atoms with Crippen molar-refractivity contribution in [3.63, 3.8) is 0 Å². The van der Waals surface area contributed by atoms with Gasteiger partial charge in [-0.1, -0.05) is 18.2 Å². The van der Waals surface area contributed by atoms with Gasteiger partial charge in [-0.3, -0.25) is 0 Å². The lowest BCUT2D eigenvalue weighted by atomic mass is 10.3. The molecule has 0 bridgehead atoms. The first-order chi connectivity index (χ1) is 9.24. The van der Waals surface area contributed by atoms with E-state index in [2.05, 4.69) is 10.1 Å². The molecule has 0 aliphatic carbocycles. The van der Waals surface area contributed by atoms with Gasteiger partial charge in [-0.15, -0.1) is 0 Å². The molecule has 1 aromatic carbocycles. The Labute approximate surface area is 110 Å². The van der Waals surface area contributed by atoms with E-state index in [0.717, 1.165) is 11.3 Å². The van der Waals surface area contributed by atoms with E-state index in [1.54, 1.807) is 17.1 Å². The number of nitrogens with two attached hydrogens (primary N) is 1. The van der Waals surface area contributed by atoms with E-state index in [1.165, 1.54) is 0 Å². The normalized spacial score (nSPS) is 12.5. The zero-order valence-electron chi connectivity index (χ0n) is 10.5. The summed E-state index contributed by atoms with van der Waals surface area (Å²) < 4.78 is 7.39. The summed E-state index contributed by atoms with van der Waals surface area (Å²) in [6.45, 7) is 1.84. The molecule has 0 fully saturated rings. The zero-order chi connectivity index (χ0) is 13.2. The Balaban J connectivity index is 1.92. The van der Waals surface area contributed by atoms with Crippen LogP contribution in [0.25, 0.3) is 17.0 Å². The fraction of sp³-hybridized carbons (Fsp3) is 0.143. The van der Waals surface area contributed by atoms with Crippen LogP contribution in [-0.2, 0) is 0 Å². The van der Waals surface area contributed by atoms with Crippen LogP contribution in [0.3, 0.4) is 0 Å². The molecule has 3 aromatic rings. The maximum atomic E-state index is 5.72. The number of nitrogens with zero attached hydrogens (tertiary/aromatic N) is 3. The first-order valence-corrected chi connectivity index (χ1v) is 6.06. The summed E-state index contributed by atoms with van der Waals surface area (Å²) in [5, 5.41) is 4.31. The standard InChI is InChI=1S/C14H14N4O/c1-10(15)14-16-8-13(19-14)11-7-17-18(9-11)12-5-3-2-4-6-12/h2-10H,15H2,1H3. The molecule has 0 aliphatic rings. The predicted molar refractivity (Wildman–Crippen MR) is 71.7 cm³/mol. The first-order valence-electron chi connectivity index (χ1n) is 6.06. The molecule has 5 heteroatoms. The van der Waals surface area contributed by atoms with Crippen LogP contribution in [0.1, 0.15) is 18.9 Å². The molecular formula is C14H14N4O. The van der Waals surface area contributed by atoms with Gasteiger partial charge in [-0.2, -0.15) is 5.10 Å². The molecule has 96 valence electrons. The largest absolute Gasteiger partial charge is 0.439 e. The maximum Gasteiger partial charge on any atom is 0.211 e. The summed E-state index contributed by atoms with van der Waals surface area (Å²) in [6, 6.07) is 9.69. The highest BCUT2D eigenvalue weighted by Gasteiger charge is 2.11. The Kier molecular flexibility index (Phi) is 2.89. The molecule has 0 aliphatic heterocycles. The third kappa shape index (κ3) is 2.28. The van der Waals surface area contributed by atoms with E-state index >= 15 is 0 Å². The molecule has 0 radical (unpaired) electrons. The van der Waals surface area contributed by atoms with Crippen LogP contribution in [0.2, 0.25) is 0 Å². The average molecular weight is 254 g/mol. The Morgan fingerprint density at radius 2 is 2.00 bits per heavy atom. The van der Waals surface area contributed by atoms with Crippen molar-refractivity contribution in [2.45, 2.75) is 13.0 Å². The first kappa shape index (κ1) is 11.7. The van der Waals surface area contributed by atoms with Crippen molar-refractivity contribution in [3.05, 3.63) is 54.8 Å². The minimum Gasteiger partial charge on any atom is -0.439 e. The molecule has 5 nitrogen and oxygen atoms in total. The fourth-order valence-corrected chi connectivity index (χ4v) is 1.80. The molecule has 1 atom stereocenters. The van der Waals surface area contributed by atoms with Gasteiger partial charge in [0.05, 0.1) is 29.7 Å². The fourth-order valence-electron chi connectivity index (χ4n) is 1.80. The van der Waals surface area contributed by atoms with Crippen LogP contribution in [0.5, 0.6) is 0 Å². The van der Waals surface area contributed by atoms with E-state index in [4.69, 9.17) is 10.2 Å². The van der Waals surface area contributed by atoms with E-state index in [0.29, 0.717) is 11.7 Å². The number of benzene rings is 1. The van der Waals surface area contributed by atoms with Crippen molar-refractivity contribution in [3.8, 4) is 17.0 Å². The monoisotopic (exact) mass is 254 g/mol. The maximum absolute atomic E-state index is 5.72. The van der Waals surface area contributed by atoms with E-state index in [1.807, 2.05) is 43.5 Å². The Bertz CT molecular complexity index is 670. The van der Waals surface area contributed by atoms with Crippen molar-refractivity contribution in [2.24, 2.45) is 5.73 Å². The number of aromatic nitrogens is 3. The van der Waals surface area contributed by atoms with Crippen LogP contribution >= 0.6 is 0 Å². The second kappa shape index (κ2) is 4.70. The van der Waals surface area contributed by atoms with Crippen molar-refractivity contribution in [2.75, 3.05) is 0 Å². The third-order valence-corrected chi connectivity index (χ3v) is 2.80. The Morgan fingerprint density at radius 3 is 2.68 bits per heavy atom. The van der Waals surface area contributed by atoms with Crippen LogP contribution in [-0.4, -0.2) is 14.8 Å². The quantitative estimate of drug-likeness (QED) is 0.779. The van der Waals surface area contributed by atoms with Crippen LogP contribution in [0, 0.1) is 0 Å². The molecule has 2 heterocycles. The summed E-state index contributed by atoms with van der Waals surface area (Å²) in [5.74, 6) is 1.21. The van der Waals surface area contributed by atoms with Gasteiger partial charge in [-0.05, 0) is 19.1 Å². The Morgan fingerprint density at radius 1 is 1.21 bits per heavy atom. The zero-order valence-corrected chi connectivity index (χ0v) is 10.5. The molecule has 2 aromatic heterocycles. The van der Waals surface area contributed by atoms with Crippen molar-refractivity contribution in [1.29, 1.82) is 0 Å². The van der Waals surface area contributed by atoms with Crippen LogP contribution < -0.4 is 5.73 Å². The SMILES string of the molecule is CC(N)c1ncc(-c2cnn(-c3ccccc3)c2)o1. The van der Waals surface area contributed by atoms with Crippen molar-refractivity contribution < 1.29 is 4.42 Å². The minimum absolute atomic E-state index is 0.210. The smallest absolute Gasteiger partial charge is 0.211 e. The van der Waals surface area contributed by atoms with Crippen LogP contribution in [0.4, 0.5) is 0 Å². The minimum atomic E-state index is -0.210. The highest BCUT2D eigenvalue weighted by molar-refractivity contribution is 5.54. The van der Waals surface area contributed by atoms with Crippen LogP contribution in [0.15, 0.2) is 53.3 Å². The van der Waals surface area contributed by atoms with Gasteiger partial charge in [0, 0.05) is 6.20 Å². The third-order valence-electron chi connectivity index (χ3n) is 2.80. The molecule has 0 amide bonds. The molecule has 0 saturated carbocycles. The van der Waals surface area contributed by atoms with Gasteiger partial charge >= 0.3 is 0 Å². The summed E-state index contributed by atoms with van der Waals surface area (Å²) in [5.41, 5.74) is 7.60. The summed E-state index contributed by atoms with van der Waals surface area (Å²) in [4.78, 5) is 4.15. The van der Waals surface area contributed by atoms with Gasteiger partial charge in [0.1, 0.15) is 0 Å².